The highest BCUT2D eigenvalue weighted by Gasteiger charge is 2.16. The number of hydrogen-bond acceptors (Lipinski definition) is 4. The van der Waals surface area contributed by atoms with Gasteiger partial charge in [0.05, 0.1) is 12.7 Å². The van der Waals surface area contributed by atoms with Crippen LogP contribution in [0.1, 0.15) is 34.8 Å². The average Bonchev–Trinajstić information content (AvgIpc) is 2.64. The second-order valence-electron chi connectivity index (χ2n) is 6.33. The van der Waals surface area contributed by atoms with Crippen LogP contribution in [0, 0.1) is 13.8 Å². The molecule has 2 amide bonds. The Balaban J connectivity index is 2.08. The summed E-state index contributed by atoms with van der Waals surface area (Å²) < 4.78 is 4.71. The number of esters is 1. The lowest BCUT2D eigenvalue weighted by molar-refractivity contribution is -0.117. The number of ether oxygens (including phenoxy) is 1. The van der Waals surface area contributed by atoms with Gasteiger partial charge < -0.3 is 15.0 Å². The standard InChI is InChI=1S/C21H24N2O4/c1-14-8-9-15(2)19(12-14)22-20(25)10-11-23(16(3)24)18-7-5-6-17(13-18)21(26)27-4/h5-9,12-13H,10-11H2,1-4H3,(H,22,25). The van der Waals surface area contributed by atoms with E-state index in [2.05, 4.69) is 5.32 Å². The molecular weight excluding hydrogens is 344 g/mol. The maximum atomic E-state index is 12.3. The summed E-state index contributed by atoms with van der Waals surface area (Å²) in [6, 6.07) is 12.4. The highest BCUT2D eigenvalue weighted by Crippen LogP contribution is 2.19. The summed E-state index contributed by atoms with van der Waals surface area (Å²) in [6.45, 7) is 5.51. The fraction of sp³-hybridized carbons (Fsp3) is 0.286. The van der Waals surface area contributed by atoms with Gasteiger partial charge in [0.1, 0.15) is 0 Å². The molecule has 0 aromatic heterocycles. The first-order valence-corrected chi connectivity index (χ1v) is 8.65. The summed E-state index contributed by atoms with van der Waals surface area (Å²) in [5.74, 6) is -0.872. The topological polar surface area (TPSA) is 75.7 Å². The lowest BCUT2D eigenvalue weighted by atomic mass is 10.1. The van der Waals surface area contributed by atoms with Crippen molar-refractivity contribution < 1.29 is 19.1 Å². The van der Waals surface area contributed by atoms with Crippen LogP contribution in [0.3, 0.4) is 0 Å². The molecule has 0 unspecified atom stereocenters. The third-order valence-electron chi connectivity index (χ3n) is 4.19. The van der Waals surface area contributed by atoms with Crippen molar-refractivity contribution in [1.29, 1.82) is 0 Å². The Hall–Kier alpha value is -3.15. The number of benzene rings is 2. The van der Waals surface area contributed by atoms with Gasteiger partial charge in [0.25, 0.3) is 0 Å². The number of carbonyl (C=O) groups is 3. The fourth-order valence-corrected chi connectivity index (χ4v) is 2.68. The Bertz CT molecular complexity index is 861. The van der Waals surface area contributed by atoms with Crippen molar-refractivity contribution in [3.8, 4) is 0 Å². The molecule has 2 aromatic carbocycles. The second-order valence-corrected chi connectivity index (χ2v) is 6.33. The number of amides is 2. The van der Waals surface area contributed by atoms with Gasteiger partial charge in [-0.1, -0.05) is 18.2 Å². The Kier molecular flexibility index (Phi) is 6.71. The summed E-state index contributed by atoms with van der Waals surface area (Å²) in [5, 5.41) is 2.88. The van der Waals surface area contributed by atoms with Gasteiger partial charge in [0.15, 0.2) is 0 Å². The summed E-state index contributed by atoms with van der Waals surface area (Å²) in [5.41, 5.74) is 3.69. The smallest absolute Gasteiger partial charge is 0.337 e. The molecule has 0 fully saturated rings. The zero-order valence-corrected chi connectivity index (χ0v) is 16.0. The first kappa shape index (κ1) is 20.2. The maximum Gasteiger partial charge on any atom is 0.337 e. The molecule has 2 aromatic rings. The monoisotopic (exact) mass is 368 g/mol. The number of aryl methyl sites for hydroxylation is 2. The normalized spacial score (nSPS) is 10.2. The van der Waals surface area contributed by atoms with E-state index < -0.39 is 5.97 Å². The van der Waals surface area contributed by atoms with Crippen molar-refractivity contribution in [3.63, 3.8) is 0 Å². The van der Waals surface area contributed by atoms with Gasteiger partial charge in [-0.15, -0.1) is 0 Å². The van der Waals surface area contributed by atoms with Crippen LogP contribution in [0.2, 0.25) is 0 Å². The van der Waals surface area contributed by atoms with Gasteiger partial charge in [-0.25, -0.2) is 4.79 Å². The molecule has 1 N–H and O–H groups in total. The van der Waals surface area contributed by atoms with E-state index >= 15 is 0 Å². The molecular formula is C21H24N2O4. The number of carbonyl (C=O) groups excluding carboxylic acids is 3. The maximum absolute atomic E-state index is 12.3. The van der Waals surface area contributed by atoms with E-state index in [1.807, 2.05) is 32.0 Å². The van der Waals surface area contributed by atoms with E-state index in [0.29, 0.717) is 11.3 Å². The molecule has 0 radical (unpaired) electrons. The molecule has 0 saturated carbocycles. The zero-order chi connectivity index (χ0) is 20.0. The van der Waals surface area contributed by atoms with E-state index in [9.17, 15) is 14.4 Å². The Morgan fingerprint density at radius 2 is 1.81 bits per heavy atom. The fourth-order valence-electron chi connectivity index (χ4n) is 2.68. The molecule has 0 spiro atoms. The van der Waals surface area contributed by atoms with Crippen molar-refractivity contribution in [1.82, 2.24) is 0 Å². The molecule has 0 aliphatic rings. The predicted molar refractivity (Wildman–Crippen MR) is 105 cm³/mol. The van der Waals surface area contributed by atoms with Gasteiger partial charge in [-0.2, -0.15) is 0 Å². The lowest BCUT2D eigenvalue weighted by Gasteiger charge is -2.21. The second kappa shape index (κ2) is 8.98. The third-order valence-corrected chi connectivity index (χ3v) is 4.19. The molecule has 0 saturated heterocycles. The predicted octanol–water partition coefficient (Wildman–Crippen LogP) is 3.47. The molecule has 2 rings (SSSR count). The van der Waals surface area contributed by atoms with Gasteiger partial charge in [-0.05, 0) is 49.2 Å². The van der Waals surface area contributed by atoms with Gasteiger partial charge in [-0.3, -0.25) is 9.59 Å². The lowest BCUT2D eigenvalue weighted by Crippen LogP contribution is -2.32. The zero-order valence-electron chi connectivity index (χ0n) is 16.0. The van der Waals surface area contributed by atoms with E-state index in [4.69, 9.17) is 4.74 Å². The van der Waals surface area contributed by atoms with E-state index in [1.165, 1.54) is 18.9 Å². The number of rotatable bonds is 6. The van der Waals surface area contributed by atoms with Gasteiger partial charge >= 0.3 is 5.97 Å². The van der Waals surface area contributed by atoms with Crippen molar-refractivity contribution >= 4 is 29.2 Å². The highest BCUT2D eigenvalue weighted by atomic mass is 16.5. The molecule has 0 heterocycles. The first-order chi connectivity index (χ1) is 12.8. The number of nitrogens with zero attached hydrogens (tertiary/aromatic N) is 1. The molecule has 142 valence electrons. The van der Waals surface area contributed by atoms with Crippen LogP contribution in [0.5, 0.6) is 0 Å². The van der Waals surface area contributed by atoms with Gasteiger partial charge in [0, 0.05) is 31.3 Å². The van der Waals surface area contributed by atoms with Crippen LogP contribution in [0.15, 0.2) is 42.5 Å². The minimum absolute atomic E-state index is 0.134. The third kappa shape index (κ3) is 5.41. The van der Waals surface area contributed by atoms with Gasteiger partial charge in [0.2, 0.25) is 11.8 Å². The molecule has 6 heteroatoms. The van der Waals surface area contributed by atoms with Crippen molar-refractivity contribution in [2.75, 3.05) is 23.9 Å². The highest BCUT2D eigenvalue weighted by molar-refractivity contribution is 5.97. The molecule has 0 bridgehead atoms. The number of anilines is 2. The molecule has 0 atom stereocenters. The Labute approximate surface area is 159 Å². The van der Waals surface area contributed by atoms with E-state index in [-0.39, 0.29) is 24.8 Å². The molecule has 0 aliphatic heterocycles. The van der Waals surface area contributed by atoms with Crippen LogP contribution in [0.25, 0.3) is 0 Å². The number of methoxy groups -OCH3 is 1. The quantitative estimate of drug-likeness (QED) is 0.792. The minimum atomic E-state index is -0.479. The average molecular weight is 368 g/mol. The van der Waals surface area contributed by atoms with Crippen LogP contribution >= 0.6 is 0 Å². The largest absolute Gasteiger partial charge is 0.465 e. The Morgan fingerprint density at radius 1 is 1.07 bits per heavy atom. The minimum Gasteiger partial charge on any atom is -0.465 e. The van der Waals surface area contributed by atoms with Crippen LogP contribution in [-0.4, -0.2) is 31.4 Å². The molecule has 6 nitrogen and oxygen atoms in total. The number of nitrogens with one attached hydrogen (secondary N) is 1. The van der Waals surface area contributed by atoms with Crippen LogP contribution < -0.4 is 10.2 Å². The Morgan fingerprint density at radius 3 is 2.48 bits per heavy atom. The summed E-state index contributed by atoms with van der Waals surface area (Å²) >= 11 is 0. The molecule has 27 heavy (non-hydrogen) atoms. The SMILES string of the molecule is COC(=O)c1cccc(N(CCC(=O)Nc2cc(C)ccc2C)C(C)=O)c1. The first-order valence-electron chi connectivity index (χ1n) is 8.65. The summed E-state index contributed by atoms with van der Waals surface area (Å²) in [4.78, 5) is 37.5. The molecule has 0 aliphatic carbocycles. The van der Waals surface area contributed by atoms with Crippen LogP contribution in [0.4, 0.5) is 11.4 Å². The number of hydrogen-bond donors (Lipinski definition) is 1. The van der Waals surface area contributed by atoms with Crippen molar-refractivity contribution in [2.45, 2.75) is 27.2 Å². The van der Waals surface area contributed by atoms with E-state index in [0.717, 1.165) is 16.8 Å². The van der Waals surface area contributed by atoms with Crippen LogP contribution in [-0.2, 0) is 14.3 Å². The summed E-state index contributed by atoms with van der Waals surface area (Å²) in [7, 11) is 1.30. The van der Waals surface area contributed by atoms with E-state index in [1.54, 1.807) is 24.3 Å². The summed E-state index contributed by atoms with van der Waals surface area (Å²) in [6.07, 6.45) is 0.134. The van der Waals surface area contributed by atoms with Crippen molar-refractivity contribution in [3.05, 3.63) is 59.2 Å². The van der Waals surface area contributed by atoms with Crippen molar-refractivity contribution in [2.24, 2.45) is 0 Å².